The van der Waals surface area contributed by atoms with E-state index >= 15 is 0 Å². The number of hydrogen-bond donors (Lipinski definition) is 1. The normalized spacial score (nSPS) is 11.0. The summed E-state index contributed by atoms with van der Waals surface area (Å²) in [5.74, 6) is -1.13. The first-order valence-corrected chi connectivity index (χ1v) is 8.43. The van der Waals surface area contributed by atoms with Crippen molar-refractivity contribution in [2.24, 2.45) is 0 Å². The highest BCUT2D eigenvalue weighted by molar-refractivity contribution is 7.71. The van der Waals surface area contributed by atoms with Crippen LogP contribution in [0.5, 0.6) is 0 Å². The van der Waals surface area contributed by atoms with E-state index in [4.69, 9.17) is 40.5 Å². The predicted molar refractivity (Wildman–Crippen MR) is 100 cm³/mol. The van der Waals surface area contributed by atoms with E-state index in [-0.39, 0.29) is 11.2 Å². The molecule has 0 fully saturated rings. The second kappa shape index (κ2) is 7.00. The zero-order valence-electron chi connectivity index (χ0n) is 12.8. The van der Waals surface area contributed by atoms with Gasteiger partial charge >= 0.3 is 11.7 Å². The topological polar surface area (TPSA) is 64.2 Å². The number of fused-ring (bicyclic) bond motifs is 1. The lowest BCUT2D eigenvalue weighted by atomic mass is 10.2. The predicted octanol–water partition coefficient (Wildman–Crippen LogP) is 3.97. The van der Waals surface area contributed by atoms with Crippen LogP contribution in [-0.2, 0) is 17.9 Å². The van der Waals surface area contributed by atoms with Crippen LogP contribution >= 0.6 is 35.4 Å². The van der Waals surface area contributed by atoms with Gasteiger partial charge in [-0.25, -0.2) is 4.79 Å². The second-order valence-corrected chi connectivity index (χ2v) is 6.62. The third-order valence-electron chi connectivity index (χ3n) is 3.75. The van der Waals surface area contributed by atoms with Crippen molar-refractivity contribution in [2.75, 3.05) is 0 Å². The third-order valence-corrected chi connectivity index (χ3v) is 4.93. The summed E-state index contributed by atoms with van der Waals surface area (Å²) in [7, 11) is 0. The Morgan fingerprint density at radius 2 is 1.80 bits per heavy atom. The Kier molecular flexibility index (Phi) is 4.94. The summed E-state index contributed by atoms with van der Waals surface area (Å²) in [6.07, 6.45) is 0. The number of benzene rings is 2. The molecule has 0 radical (unpaired) electrons. The van der Waals surface area contributed by atoms with Crippen LogP contribution in [0.4, 0.5) is 0 Å². The minimum absolute atomic E-state index is 0.202. The van der Waals surface area contributed by atoms with E-state index in [1.165, 1.54) is 4.57 Å². The van der Waals surface area contributed by atoms with Crippen molar-refractivity contribution in [1.29, 1.82) is 0 Å². The van der Waals surface area contributed by atoms with E-state index in [9.17, 15) is 9.59 Å². The molecule has 0 saturated carbocycles. The summed E-state index contributed by atoms with van der Waals surface area (Å²) in [5.41, 5.74) is 0.906. The van der Waals surface area contributed by atoms with E-state index in [0.717, 1.165) is 10.1 Å². The van der Waals surface area contributed by atoms with Crippen molar-refractivity contribution >= 4 is 52.3 Å². The molecule has 5 nitrogen and oxygen atoms in total. The van der Waals surface area contributed by atoms with Crippen LogP contribution in [0.3, 0.4) is 0 Å². The monoisotopic (exact) mass is 394 g/mol. The van der Waals surface area contributed by atoms with Crippen LogP contribution in [0.15, 0.2) is 47.3 Å². The van der Waals surface area contributed by atoms with Gasteiger partial charge in [0.25, 0.3) is 0 Å². The molecule has 8 heteroatoms. The van der Waals surface area contributed by atoms with Crippen molar-refractivity contribution in [3.05, 3.63) is 73.2 Å². The molecular formula is C17H12Cl2N2O3S. The maximum absolute atomic E-state index is 12.8. The molecule has 0 aliphatic carbocycles. The molecule has 0 amide bonds. The van der Waals surface area contributed by atoms with Gasteiger partial charge in [0.05, 0.1) is 22.1 Å². The lowest BCUT2D eigenvalue weighted by Crippen LogP contribution is -2.34. The van der Waals surface area contributed by atoms with E-state index in [1.807, 2.05) is 0 Å². The number of nitrogens with zero attached hydrogens (tertiary/aromatic N) is 2. The first kappa shape index (κ1) is 17.7. The van der Waals surface area contributed by atoms with Crippen LogP contribution in [0.1, 0.15) is 5.56 Å². The van der Waals surface area contributed by atoms with E-state index < -0.39 is 18.2 Å². The second-order valence-electron chi connectivity index (χ2n) is 5.42. The third kappa shape index (κ3) is 3.46. The van der Waals surface area contributed by atoms with Crippen LogP contribution in [-0.4, -0.2) is 20.2 Å². The number of rotatable bonds is 4. The van der Waals surface area contributed by atoms with Gasteiger partial charge in [-0.05, 0) is 29.8 Å². The Morgan fingerprint density at radius 3 is 2.48 bits per heavy atom. The highest BCUT2D eigenvalue weighted by Gasteiger charge is 2.13. The average Bonchev–Trinajstić information content (AvgIpc) is 2.58. The molecule has 0 spiro atoms. The molecule has 3 aromatic rings. The quantitative estimate of drug-likeness (QED) is 0.679. The standard InChI is InChI=1S/C17H12Cl2N2O3S/c18-12-6-5-10(7-13(12)19)8-20-14-4-2-1-3-11(14)16(25)21(17(20)24)9-15(22)23/h1-7H,8-9H2,(H,22,23). The molecule has 0 aliphatic rings. The fraction of sp³-hybridized carbons (Fsp3) is 0.118. The van der Waals surface area contributed by atoms with Gasteiger partial charge in [0.2, 0.25) is 0 Å². The lowest BCUT2D eigenvalue weighted by Gasteiger charge is -2.14. The first-order chi connectivity index (χ1) is 11.9. The van der Waals surface area contributed by atoms with Crippen LogP contribution < -0.4 is 5.69 Å². The maximum Gasteiger partial charge on any atom is 0.330 e. The van der Waals surface area contributed by atoms with Gasteiger partial charge in [-0.15, -0.1) is 0 Å². The van der Waals surface area contributed by atoms with E-state index in [2.05, 4.69) is 0 Å². The van der Waals surface area contributed by atoms with Gasteiger partial charge in [0, 0.05) is 5.39 Å². The van der Waals surface area contributed by atoms with Gasteiger partial charge in [0.1, 0.15) is 11.2 Å². The van der Waals surface area contributed by atoms with Crippen LogP contribution in [0.25, 0.3) is 10.9 Å². The van der Waals surface area contributed by atoms with Gasteiger partial charge < -0.3 is 5.11 Å². The number of carboxylic acids is 1. The molecule has 0 aliphatic heterocycles. The number of aliphatic carboxylic acids is 1. The summed E-state index contributed by atoms with van der Waals surface area (Å²) >= 11 is 17.3. The van der Waals surface area contributed by atoms with Gasteiger partial charge in [-0.3, -0.25) is 13.9 Å². The molecule has 25 heavy (non-hydrogen) atoms. The Morgan fingerprint density at radius 1 is 1.08 bits per heavy atom. The summed E-state index contributed by atoms with van der Waals surface area (Å²) in [4.78, 5) is 23.9. The van der Waals surface area contributed by atoms with Gasteiger partial charge in [-0.2, -0.15) is 0 Å². The molecule has 0 saturated heterocycles. The van der Waals surface area contributed by atoms with E-state index in [0.29, 0.717) is 20.9 Å². The highest BCUT2D eigenvalue weighted by Crippen LogP contribution is 2.23. The van der Waals surface area contributed by atoms with Gasteiger partial charge in [0.15, 0.2) is 0 Å². The molecule has 1 heterocycles. The minimum atomic E-state index is -1.13. The fourth-order valence-electron chi connectivity index (χ4n) is 2.62. The Balaban J connectivity index is 2.25. The largest absolute Gasteiger partial charge is 0.480 e. The van der Waals surface area contributed by atoms with Crippen molar-refractivity contribution in [2.45, 2.75) is 13.1 Å². The number of aromatic nitrogens is 2. The van der Waals surface area contributed by atoms with Crippen molar-refractivity contribution in [1.82, 2.24) is 9.13 Å². The SMILES string of the molecule is O=C(O)Cn1c(=S)c2ccccc2n(Cc2ccc(Cl)c(Cl)c2)c1=O. The average molecular weight is 395 g/mol. The summed E-state index contributed by atoms with van der Waals surface area (Å²) in [6, 6.07) is 12.2. The zero-order chi connectivity index (χ0) is 18.1. The lowest BCUT2D eigenvalue weighted by molar-refractivity contribution is -0.137. The summed E-state index contributed by atoms with van der Waals surface area (Å²) in [6.45, 7) is -0.282. The molecule has 1 aromatic heterocycles. The Bertz CT molecular complexity index is 1110. The molecular weight excluding hydrogens is 383 g/mol. The highest BCUT2D eigenvalue weighted by atomic mass is 35.5. The number of hydrogen-bond acceptors (Lipinski definition) is 3. The van der Waals surface area contributed by atoms with Gasteiger partial charge in [-0.1, -0.05) is 53.6 Å². The molecule has 1 N–H and O–H groups in total. The molecule has 0 unspecified atom stereocenters. The molecule has 0 bridgehead atoms. The van der Waals surface area contributed by atoms with E-state index in [1.54, 1.807) is 42.5 Å². The van der Waals surface area contributed by atoms with Crippen molar-refractivity contribution in [3.8, 4) is 0 Å². The first-order valence-electron chi connectivity index (χ1n) is 7.26. The van der Waals surface area contributed by atoms with Crippen LogP contribution in [0.2, 0.25) is 10.0 Å². The summed E-state index contributed by atoms with van der Waals surface area (Å²) < 4.78 is 2.76. The smallest absolute Gasteiger partial charge is 0.330 e. The van der Waals surface area contributed by atoms with Crippen molar-refractivity contribution in [3.63, 3.8) is 0 Å². The molecule has 128 valence electrons. The number of carbonyl (C=O) groups is 1. The number of para-hydroxylation sites is 1. The molecule has 2 aromatic carbocycles. The zero-order valence-corrected chi connectivity index (χ0v) is 15.1. The molecule has 3 rings (SSSR count). The maximum atomic E-state index is 12.8. The molecule has 0 atom stereocenters. The minimum Gasteiger partial charge on any atom is -0.480 e. The van der Waals surface area contributed by atoms with Crippen molar-refractivity contribution < 1.29 is 9.90 Å². The van der Waals surface area contributed by atoms with Crippen LogP contribution in [0, 0.1) is 4.64 Å². The fourth-order valence-corrected chi connectivity index (χ4v) is 3.25. The Hall–Kier alpha value is -2.15. The summed E-state index contributed by atoms with van der Waals surface area (Å²) in [5, 5.41) is 10.5. The Labute approximate surface area is 157 Å². The number of halogens is 2. The number of carboxylic acid groups (broad SMARTS) is 1.